The fraction of sp³-hybridized carbons (Fsp3) is 0.250. The van der Waals surface area contributed by atoms with Crippen LogP contribution in [0, 0.1) is 17.3 Å². The second kappa shape index (κ2) is 12.8. The predicted octanol–water partition coefficient (Wildman–Crippen LogP) is 4.82. The van der Waals surface area contributed by atoms with Gasteiger partial charge in [-0.3, -0.25) is 14.5 Å². The minimum atomic E-state index is -4.70. The lowest BCUT2D eigenvalue weighted by atomic mass is 9.79. The molecule has 4 aromatic rings. The van der Waals surface area contributed by atoms with Crippen molar-refractivity contribution in [2.45, 2.75) is 37.5 Å². The number of hydrogen-bond acceptors (Lipinski definition) is 6. The molecule has 13 heteroatoms. The third kappa shape index (κ3) is 6.09. The number of halogens is 4. The molecule has 0 bridgehead atoms. The highest BCUT2D eigenvalue weighted by molar-refractivity contribution is 6.05. The summed E-state index contributed by atoms with van der Waals surface area (Å²) in [5.74, 6) is -2.73. The van der Waals surface area contributed by atoms with E-state index in [1.165, 1.54) is 39.9 Å². The van der Waals surface area contributed by atoms with E-state index in [9.17, 15) is 37.5 Å². The van der Waals surface area contributed by atoms with Crippen LogP contribution in [0.25, 0.3) is 5.69 Å². The number of anilines is 1. The van der Waals surface area contributed by atoms with Crippen molar-refractivity contribution in [1.82, 2.24) is 20.4 Å². The van der Waals surface area contributed by atoms with Crippen LogP contribution in [0.1, 0.15) is 58.0 Å². The summed E-state index contributed by atoms with van der Waals surface area (Å²) in [6, 6.07) is 15.8. The van der Waals surface area contributed by atoms with Gasteiger partial charge in [0.2, 0.25) is 0 Å². The van der Waals surface area contributed by atoms with Gasteiger partial charge >= 0.3 is 6.18 Å². The Kier molecular flexibility index (Phi) is 8.87. The molecule has 2 unspecified atom stereocenters. The first-order chi connectivity index (χ1) is 21.6. The zero-order valence-corrected chi connectivity index (χ0v) is 23.9. The Morgan fingerprint density at radius 3 is 2.42 bits per heavy atom. The fourth-order valence-corrected chi connectivity index (χ4v) is 5.61. The molecule has 45 heavy (non-hydrogen) atoms. The zero-order valence-electron chi connectivity index (χ0n) is 23.9. The molecule has 0 radical (unpaired) electrons. The highest BCUT2D eigenvalue weighted by Gasteiger charge is 2.47. The topological polar surface area (TPSA) is 123 Å². The largest absolute Gasteiger partial charge is 0.416 e. The molecule has 5 rings (SSSR count). The van der Waals surface area contributed by atoms with Crippen molar-refractivity contribution in [1.29, 1.82) is 5.26 Å². The number of nitrogens with zero attached hydrogens (tertiary/aromatic N) is 4. The summed E-state index contributed by atoms with van der Waals surface area (Å²) >= 11 is 0. The lowest BCUT2D eigenvalue weighted by Crippen LogP contribution is -2.55. The van der Waals surface area contributed by atoms with Gasteiger partial charge < -0.3 is 15.7 Å². The van der Waals surface area contributed by atoms with Crippen LogP contribution in [-0.2, 0) is 11.0 Å². The second-order valence-electron chi connectivity index (χ2n) is 10.3. The Morgan fingerprint density at radius 1 is 1.09 bits per heavy atom. The first-order valence-electron chi connectivity index (χ1n) is 14.1. The van der Waals surface area contributed by atoms with Gasteiger partial charge in [-0.2, -0.15) is 23.5 Å². The van der Waals surface area contributed by atoms with E-state index in [4.69, 9.17) is 5.10 Å². The molecule has 2 heterocycles. The molecule has 0 aliphatic carbocycles. The van der Waals surface area contributed by atoms with Gasteiger partial charge in [0, 0.05) is 30.2 Å². The van der Waals surface area contributed by atoms with Crippen molar-refractivity contribution in [3.63, 3.8) is 0 Å². The molecule has 1 aliphatic heterocycles. The van der Waals surface area contributed by atoms with Crippen LogP contribution in [0.2, 0.25) is 0 Å². The number of hydrogen-bond donors (Lipinski definition) is 3. The summed E-state index contributed by atoms with van der Waals surface area (Å²) in [6.45, 7) is 1.51. The summed E-state index contributed by atoms with van der Waals surface area (Å²) < 4.78 is 56.0. The third-order valence-electron chi connectivity index (χ3n) is 7.63. The summed E-state index contributed by atoms with van der Waals surface area (Å²) in [5.41, 5.74) is 0.359. The highest BCUT2D eigenvalue weighted by atomic mass is 19.4. The molecule has 0 saturated heterocycles. The van der Waals surface area contributed by atoms with Gasteiger partial charge in [-0.05, 0) is 61.4 Å². The first-order valence-corrected chi connectivity index (χ1v) is 14.1. The Hall–Kier alpha value is -5.22. The van der Waals surface area contributed by atoms with E-state index >= 15 is 0 Å². The Balaban J connectivity index is 1.75. The van der Waals surface area contributed by atoms with Crippen molar-refractivity contribution >= 4 is 17.6 Å². The molecular weight excluding hydrogens is 592 g/mol. The number of fused-ring (bicyclic) bond motifs is 1. The van der Waals surface area contributed by atoms with Crippen molar-refractivity contribution in [3.05, 3.63) is 113 Å². The van der Waals surface area contributed by atoms with Gasteiger partial charge in [0.05, 0.1) is 23.0 Å². The van der Waals surface area contributed by atoms with E-state index in [1.807, 2.05) is 6.19 Å². The molecule has 0 fully saturated rings. The van der Waals surface area contributed by atoms with Crippen molar-refractivity contribution < 1.29 is 32.3 Å². The highest BCUT2D eigenvalue weighted by Crippen LogP contribution is 2.45. The maximum absolute atomic E-state index is 14.3. The minimum Gasteiger partial charge on any atom is -0.396 e. The van der Waals surface area contributed by atoms with Crippen molar-refractivity contribution in [2.75, 3.05) is 18.1 Å². The molecular formula is C32H28F4N6O3. The number of benzene rings is 3. The Bertz CT molecular complexity index is 1730. The zero-order chi connectivity index (χ0) is 32.3. The van der Waals surface area contributed by atoms with E-state index in [0.717, 1.165) is 12.1 Å². The van der Waals surface area contributed by atoms with Gasteiger partial charge in [0.25, 0.3) is 11.8 Å². The molecule has 1 aromatic heterocycles. The average molecular weight is 621 g/mol. The molecule has 232 valence electrons. The summed E-state index contributed by atoms with van der Waals surface area (Å²) in [4.78, 5) is 29.2. The maximum atomic E-state index is 14.3. The molecule has 0 spiro atoms. The lowest BCUT2D eigenvalue weighted by Gasteiger charge is -2.39. The monoisotopic (exact) mass is 620 g/mol. The van der Waals surface area contributed by atoms with Crippen LogP contribution >= 0.6 is 0 Å². The molecule has 0 saturated carbocycles. The number of carbonyl (C=O) groups excluding carboxylic acids is 2. The van der Waals surface area contributed by atoms with Gasteiger partial charge in [-0.25, -0.2) is 9.07 Å². The average Bonchev–Trinajstić information content (AvgIpc) is 3.42. The van der Waals surface area contributed by atoms with Gasteiger partial charge in [0.15, 0.2) is 6.19 Å². The standard InChI is InChI=1S/C32H28F4N6O3/c1-2-41-30-26(27(24(15-16-43)38-18-37)40-42(30)23-9-4-3-5-10-23)25(19-11-13-22(33)14-12-19)28(31(41)45)39-29(44)20-7-6-8-21(17-20)32(34,35)36/h3-14,17,24-25,28,38,43H,2,15-16H2,1H3,(H,39,44)/t24-,25?,28?/m1/s1. The number of aliphatic hydroxyl groups is 1. The van der Waals surface area contributed by atoms with Crippen LogP contribution in [0.4, 0.5) is 23.4 Å². The quantitative estimate of drug-likeness (QED) is 0.140. The summed E-state index contributed by atoms with van der Waals surface area (Å²) in [6.07, 6.45) is -2.75. The summed E-state index contributed by atoms with van der Waals surface area (Å²) in [7, 11) is 0. The lowest BCUT2D eigenvalue weighted by molar-refractivity contribution is -0.137. The molecule has 2 amide bonds. The number of alkyl halides is 3. The van der Waals surface area contributed by atoms with E-state index in [0.29, 0.717) is 34.4 Å². The fourth-order valence-electron chi connectivity index (χ4n) is 5.61. The summed E-state index contributed by atoms with van der Waals surface area (Å²) in [5, 5.41) is 29.5. The Labute approximate surface area is 255 Å². The molecule has 3 N–H and O–H groups in total. The van der Waals surface area contributed by atoms with E-state index in [1.54, 1.807) is 37.3 Å². The number of carbonyl (C=O) groups is 2. The van der Waals surface area contributed by atoms with Gasteiger partial charge in [-0.15, -0.1) is 0 Å². The SMILES string of the molecule is CCN1C(=O)C(NC(=O)c2cccc(C(F)(F)F)c2)C(c2ccc(F)cc2)c2c([C@@H](CCO)NC#N)nn(-c3ccccc3)c21. The number of rotatable bonds is 9. The van der Waals surface area contributed by atoms with Gasteiger partial charge in [0.1, 0.15) is 17.7 Å². The minimum absolute atomic E-state index is 0.0588. The maximum Gasteiger partial charge on any atom is 0.416 e. The van der Waals surface area contributed by atoms with Crippen LogP contribution in [0.3, 0.4) is 0 Å². The number of likely N-dealkylation sites (N-methyl/N-ethyl adjacent to an activating group) is 1. The number of nitriles is 1. The number of aliphatic hydroxyl groups excluding tert-OH is 1. The molecule has 9 nitrogen and oxygen atoms in total. The van der Waals surface area contributed by atoms with Crippen LogP contribution in [-0.4, -0.2) is 45.9 Å². The van der Waals surface area contributed by atoms with E-state index < -0.39 is 47.4 Å². The first kappa shape index (κ1) is 31.2. The Morgan fingerprint density at radius 2 is 1.80 bits per heavy atom. The van der Waals surface area contributed by atoms with Gasteiger partial charge in [-0.1, -0.05) is 36.4 Å². The van der Waals surface area contributed by atoms with Crippen molar-refractivity contribution in [3.8, 4) is 11.9 Å². The number of aromatic nitrogens is 2. The number of nitrogens with one attached hydrogen (secondary N) is 2. The van der Waals surface area contributed by atoms with E-state index in [-0.39, 0.29) is 25.1 Å². The molecule has 1 aliphatic rings. The molecule has 3 aromatic carbocycles. The van der Waals surface area contributed by atoms with E-state index in [2.05, 4.69) is 10.6 Å². The van der Waals surface area contributed by atoms with Crippen LogP contribution in [0.15, 0.2) is 78.9 Å². The predicted molar refractivity (Wildman–Crippen MR) is 156 cm³/mol. The van der Waals surface area contributed by atoms with Crippen LogP contribution in [0.5, 0.6) is 0 Å². The number of para-hydroxylation sites is 1. The smallest absolute Gasteiger partial charge is 0.396 e. The second-order valence-corrected chi connectivity index (χ2v) is 10.3. The third-order valence-corrected chi connectivity index (χ3v) is 7.63. The normalized spacial score (nSPS) is 16.9. The van der Waals surface area contributed by atoms with Crippen molar-refractivity contribution in [2.24, 2.45) is 0 Å². The molecule has 3 atom stereocenters. The van der Waals surface area contributed by atoms with Crippen LogP contribution < -0.4 is 15.5 Å². The number of amides is 2.